The molecule has 1 aromatic carbocycles. The van der Waals surface area contributed by atoms with Crippen molar-refractivity contribution in [1.82, 2.24) is 9.80 Å². The minimum atomic E-state index is -0.918. The Balaban J connectivity index is 3.66. The second kappa shape index (κ2) is 7.94. The number of hydrogen-bond acceptors (Lipinski definition) is 6. The zero-order valence-corrected chi connectivity index (χ0v) is 14.5. The van der Waals surface area contributed by atoms with Crippen LogP contribution in [0.4, 0.5) is 0 Å². The summed E-state index contributed by atoms with van der Waals surface area (Å²) >= 11 is 5.68. The maximum atomic E-state index is 12.0. The summed E-state index contributed by atoms with van der Waals surface area (Å²) in [4.78, 5) is 26.1. The lowest BCUT2D eigenvalue weighted by Gasteiger charge is -2.27. The highest BCUT2D eigenvalue weighted by Gasteiger charge is 2.33. The molecule has 0 bridgehead atoms. The van der Waals surface area contributed by atoms with Crippen molar-refractivity contribution < 1.29 is 14.5 Å². The Hall–Kier alpha value is -2.12. The van der Waals surface area contributed by atoms with Crippen LogP contribution in [0.25, 0.3) is 5.57 Å². The Labute approximate surface area is 140 Å². The van der Waals surface area contributed by atoms with E-state index in [2.05, 4.69) is 0 Å². The number of carbonyl (C=O) groups excluding carboxylic acids is 1. The number of ether oxygens (including phenoxy) is 1. The number of benzene rings is 1. The van der Waals surface area contributed by atoms with Gasteiger partial charge in [0, 0.05) is 5.56 Å². The topological polar surface area (TPSA) is 75.9 Å². The zero-order valence-electron chi connectivity index (χ0n) is 13.7. The average molecular weight is 342 g/mol. The van der Waals surface area contributed by atoms with E-state index in [1.807, 2.05) is 0 Å². The normalized spacial score (nSPS) is 13.3. The quantitative estimate of drug-likeness (QED) is 0.249. The van der Waals surface area contributed by atoms with Crippen molar-refractivity contribution in [1.29, 1.82) is 0 Å². The average Bonchev–Trinajstić information content (AvgIpc) is 2.50. The molecule has 0 spiro atoms. The maximum Gasteiger partial charge on any atom is 0.332 e. The molecule has 0 heterocycles. The molecule has 1 aromatic rings. The first kappa shape index (κ1) is 18.9. The number of methoxy groups -OCH3 is 1. The van der Waals surface area contributed by atoms with Gasteiger partial charge in [-0.2, -0.15) is 0 Å². The van der Waals surface area contributed by atoms with Crippen molar-refractivity contribution in [2.24, 2.45) is 0 Å². The highest BCUT2D eigenvalue weighted by Crippen LogP contribution is 2.31. The molecule has 0 amide bonds. The van der Waals surface area contributed by atoms with Gasteiger partial charge in [-0.05, 0) is 43.6 Å². The molecule has 0 aliphatic carbocycles. The van der Waals surface area contributed by atoms with Gasteiger partial charge >= 0.3 is 5.82 Å². The molecule has 0 saturated carbocycles. The summed E-state index contributed by atoms with van der Waals surface area (Å²) in [5.41, 5.74) is 0.0739. The number of halogens is 1. The first-order valence-corrected chi connectivity index (χ1v) is 7.21. The van der Waals surface area contributed by atoms with Gasteiger partial charge in [-0.15, -0.1) is 0 Å². The van der Waals surface area contributed by atoms with Crippen LogP contribution in [-0.2, 0) is 4.79 Å². The van der Waals surface area contributed by atoms with Crippen LogP contribution in [0.3, 0.4) is 0 Å². The number of para-hydroxylation sites is 1. The molecule has 1 unspecified atom stereocenters. The molecule has 126 valence electrons. The molecule has 23 heavy (non-hydrogen) atoms. The summed E-state index contributed by atoms with van der Waals surface area (Å²) in [5, 5.41) is 10.7. The summed E-state index contributed by atoms with van der Waals surface area (Å²) in [6, 6.07) is 6.54. The second-order valence-corrected chi connectivity index (χ2v) is 5.48. The molecule has 7 nitrogen and oxygen atoms in total. The molecule has 0 fully saturated rings. The SMILES string of the molecule is COc1ccccc1/C(C(=O)Cl)=C(/N(C)C(C)N(C)C)[N+](=O)[O-]. The molecule has 1 atom stereocenters. The van der Waals surface area contributed by atoms with Gasteiger partial charge in [-0.25, -0.2) is 4.90 Å². The van der Waals surface area contributed by atoms with E-state index >= 15 is 0 Å². The summed E-state index contributed by atoms with van der Waals surface area (Å²) in [5.74, 6) is -0.0440. The molecule has 0 aliphatic rings. The predicted molar refractivity (Wildman–Crippen MR) is 88.7 cm³/mol. The first-order chi connectivity index (χ1) is 10.7. The summed E-state index contributed by atoms with van der Waals surface area (Å²) in [6.07, 6.45) is -0.323. The van der Waals surface area contributed by atoms with E-state index in [4.69, 9.17) is 16.3 Å². The lowest BCUT2D eigenvalue weighted by molar-refractivity contribution is -0.446. The van der Waals surface area contributed by atoms with Gasteiger partial charge in [0.1, 0.15) is 17.5 Å². The van der Waals surface area contributed by atoms with Gasteiger partial charge in [-0.1, -0.05) is 18.2 Å². The van der Waals surface area contributed by atoms with Crippen molar-refractivity contribution in [2.45, 2.75) is 13.1 Å². The van der Waals surface area contributed by atoms with Gasteiger partial charge < -0.3 is 14.9 Å². The van der Waals surface area contributed by atoms with Crippen LogP contribution in [-0.4, -0.2) is 54.4 Å². The van der Waals surface area contributed by atoms with Crippen molar-refractivity contribution in [3.8, 4) is 5.75 Å². The van der Waals surface area contributed by atoms with Crippen LogP contribution in [0, 0.1) is 10.1 Å². The fourth-order valence-corrected chi connectivity index (χ4v) is 2.27. The third-order valence-electron chi connectivity index (χ3n) is 3.61. The Morgan fingerprint density at radius 1 is 1.30 bits per heavy atom. The van der Waals surface area contributed by atoms with E-state index in [9.17, 15) is 14.9 Å². The van der Waals surface area contributed by atoms with Gasteiger partial charge in [0.15, 0.2) is 0 Å². The molecular weight excluding hydrogens is 322 g/mol. The molecule has 0 saturated heterocycles. The van der Waals surface area contributed by atoms with Gasteiger partial charge in [0.2, 0.25) is 0 Å². The molecule has 8 heteroatoms. The number of rotatable bonds is 7. The molecule has 0 aromatic heterocycles. The first-order valence-electron chi connectivity index (χ1n) is 6.83. The minimum Gasteiger partial charge on any atom is -0.496 e. The molecule has 0 N–H and O–H groups in total. The van der Waals surface area contributed by atoms with Crippen molar-refractivity contribution in [2.75, 3.05) is 28.3 Å². The van der Waals surface area contributed by atoms with Gasteiger partial charge in [0.25, 0.3) is 5.24 Å². The van der Waals surface area contributed by atoms with Crippen molar-refractivity contribution in [3.05, 3.63) is 45.8 Å². The van der Waals surface area contributed by atoms with Crippen LogP contribution in [0.15, 0.2) is 30.1 Å². The fraction of sp³-hybridized carbons (Fsp3) is 0.400. The van der Waals surface area contributed by atoms with E-state index < -0.39 is 10.2 Å². The van der Waals surface area contributed by atoms with E-state index in [1.54, 1.807) is 50.2 Å². The number of nitrogens with zero attached hydrogens (tertiary/aromatic N) is 3. The van der Waals surface area contributed by atoms with Crippen LogP contribution in [0.2, 0.25) is 0 Å². The molecular formula is C15H20ClN3O4. The smallest absolute Gasteiger partial charge is 0.332 e. The summed E-state index contributed by atoms with van der Waals surface area (Å²) in [7, 11) is 6.53. The maximum absolute atomic E-state index is 12.0. The van der Waals surface area contributed by atoms with Crippen LogP contribution in [0.5, 0.6) is 5.75 Å². The van der Waals surface area contributed by atoms with Crippen molar-refractivity contribution >= 4 is 22.4 Å². The number of carbonyl (C=O) groups is 1. The summed E-state index contributed by atoms with van der Waals surface area (Å²) in [6.45, 7) is 1.78. The van der Waals surface area contributed by atoms with Gasteiger partial charge in [-0.3, -0.25) is 9.69 Å². The Morgan fingerprint density at radius 3 is 2.30 bits per heavy atom. The monoisotopic (exact) mass is 341 g/mol. The number of hydrogen-bond donors (Lipinski definition) is 0. The van der Waals surface area contributed by atoms with E-state index in [-0.39, 0.29) is 23.1 Å². The number of nitro groups is 1. The van der Waals surface area contributed by atoms with Crippen LogP contribution < -0.4 is 4.74 Å². The lowest BCUT2D eigenvalue weighted by Crippen LogP contribution is -2.42. The predicted octanol–water partition coefficient (Wildman–Crippen LogP) is 2.25. The molecule has 1 rings (SSSR count). The van der Waals surface area contributed by atoms with E-state index in [1.165, 1.54) is 19.1 Å². The minimum absolute atomic E-state index is 0.203. The third kappa shape index (κ3) is 4.20. The standard InChI is InChI=1S/C15H20ClN3O4/c1-10(17(2)3)18(4)15(19(21)22)13(14(16)20)11-8-6-7-9-12(11)23-5/h6-10H,1-5H3/b15-13+. The largest absolute Gasteiger partial charge is 0.496 e. The van der Waals surface area contributed by atoms with Crippen molar-refractivity contribution in [3.63, 3.8) is 0 Å². The molecule has 0 aliphatic heterocycles. The van der Waals surface area contributed by atoms with E-state index in [0.717, 1.165) is 0 Å². The highest BCUT2D eigenvalue weighted by molar-refractivity contribution is 6.74. The summed E-state index contributed by atoms with van der Waals surface area (Å²) < 4.78 is 5.20. The number of allylic oxidation sites excluding steroid dienone is 1. The second-order valence-electron chi connectivity index (χ2n) is 5.14. The Kier molecular flexibility index (Phi) is 6.53. The van der Waals surface area contributed by atoms with E-state index in [0.29, 0.717) is 5.75 Å². The van der Waals surface area contributed by atoms with Crippen LogP contribution >= 0.6 is 11.6 Å². The van der Waals surface area contributed by atoms with Gasteiger partial charge in [0.05, 0.1) is 14.2 Å². The Bertz CT molecular complexity index is 631. The lowest BCUT2D eigenvalue weighted by atomic mass is 10.1. The highest BCUT2D eigenvalue weighted by atomic mass is 35.5. The van der Waals surface area contributed by atoms with Crippen LogP contribution in [0.1, 0.15) is 12.5 Å². The molecule has 0 radical (unpaired) electrons. The third-order valence-corrected chi connectivity index (χ3v) is 3.80. The Morgan fingerprint density at radius 2 is 1.87 bits per heavy atom. The fourth-order valence-electron chi connectivity index (χ4n) is 2.09. The zero-order chi connectivity index (χ0) is 17.7.